The number of rotatable bonds is 8. The first-order chi connectivity index (χ1) is 13.0. The minimum atomic E-state index is -0.365. The fourth-order valence-electron chi connectivity index (χ4n) is 2.60. The van der Waals surface area contributed by atoms with Crippen LogP contribution in [0, 0.1) is 0 Å². The third-order valence-corrected chi connectivity index (χ3v) is 4.37. The van der Waals surface area contributed by atoms with Crippen molar-refractivity contribution in [1.82, 2.24) is 10.3 Å². The number of methoxy groups -OCH3 is 2. The third kappa shape index (κ3) is 5.40. The average molecular weight is 393 g/mol. The van der Waals surface area contributed by atoms with Gasteiger partial charge in [0.1, 0.15) is 17.3 Å². The van der Waals surface area contributed by atoms with E-state index in [4.69, 9.17) is 21.1 Å². The monoisotopic (exact) mass is 392 g/mol. The van der Waals surface area contributed by atoms with Crippen LogP contribution >= 0.6 is 11.6 Å². The fourth-order valence-corrected chi connectivity index (χ4v) is 2.84. The first kappa shape index (κ1) is 20.6. The van der Waals surface area contributed by atoms with Gasteiger partial charge in [0, 0.05) is 31.9 Å². The first-order valence-corrected chi connectivity index (χ1v) is 9.06. The van der Waals surface area contributed by atoms with E-state index in [1.807, 2.05) is 12.1 Å². The number of halogens is 1. The van der Waals surface area contributed by atoms with Gasteiger partial charge in [-0.1, -0.05) is 11.6 Å². The third-order valence-electron chi connectivity index (χ3n) is 4.07. The summed E-state index contributed by atoms with van der Waals surface area (Å²) >= 11 is 6.13. The highest BCUT2D eigenvalue weighted by molar-refractivity contribution is 6.32. The number of hydrogen-bond donors (Lipinski definition) is 2. The number of ether oxygens (including phenoxy) is 2. The lowest BCUT2D eigenvalue weighted by Gasteiger charge is -2.20. The van der Waals surface area contributed by atoms with Crippen LogP contribution in [0.2, 0.25) is 5.02 Å². The summed E-state index contributed by atoms with van der Waals surface area (Å²) in [6.07, 6.45) is 1.74. The molecule has 2 amide bonds. The van der Waals surface area contributed by atoms with Crippen molar-refractivity contribution in [3.8, 4) is 11.5 Å². The van der Waals surface area contributed by atoms with Crippen molar-refractivity contribution in [3.63, 3.8) is 0 Å². The molecule has 1 heterocycles. The zero-order valence-electron chi connectivity index (χ0n) is 16.0. The topological polar surface area (TPSA) is 75.7 Å². The summed E-state index contributed by atoms with van der Waals surface area (Å²) in [7, 11) is 3.03. The van der Waals surface area contributed by atoms with E-state index in [1.165, 1.54) is 14.2 Å². The van der Waals surface area contributed by atoms with Gasteiger partial charge in [-0.25, -0.2) is 9.78 Å². The molecule has 2 N–H and O–H groups in total. The second-order valence-electron chi connectivity index (χ2n) is 5.69. The van der Waals surface area contributed by atoms with Crippen LogP contribution in [0.5, 0.6) is 11.5 Å². The molecule has 0 atom stereocenters. The van der Waals surface area contributed by atoms with Crippen molar-refractivity contribution in [1.29, 1.82) is 0 Å². The van der Waals surface area contributed by atoms with Crippen molar-refractivity contribution in [3.05, 3.63) is 41.0 Å². The molecule has 0 bridgehead atoms. The summed E-state index contributed by atoms with van der Waals surface area (Å²) in [5, 5.41) is 5.95. The van der Waals surface area contributed by atoms with Gasteiger partial charge in [0.25, 0.3) is 0 Å². The highest BCUT2D eigenvalue weighted by Gasteiger charge is 2.12. The molecule has 8 heteroatoms. The Bertz CT molecular complexity index is 782. The Kier molecular flexibility index (Phi) is 7.55. The lowest BCUT2D eigenvalue weighted by molar-refractivity contribution is 0.251. The Morgan fingerprint density at radius 3 is 2.48 bits per heavy atom. The number of carbonyl (C=O) groups excluding carboxylic acids is 1. The Balaban J connectivity index is 2.03. The van der Waals surface area contributed by atoms with E-state index in [-0.39, 0.29) is 6.03 Å². The summed E-state index contributed by atoms with van der Waals surface area (Å²) < 4.78 is 10.4. The van der Waals surface area contributed by atoms with E-state index in [0.29, 0.717) is 28.8 Å². The zero-order chi connectivity index (χ0) is 19.8. The molecule has 27 heavy (non-hydrogen) atoms. The molecule has 0 unspecified atom stereocenters. The first-order valence-electron chi connectivity index (χ1n) is 8.68. The molecule has 1 aromatic heterocycles. The molecule has 2 aromatic rings. The summed E-state index contributed by atoms with van der Waals surface area (Å²) in [5.41, 5.74) is 1.42. The zero-order valence-corrected chi connectivity index (χ0v) is 16.8. The van der Waals surface area contributed by atoms with Gasteiger partial charge < -0.3 is 25.0 Å². The quantitative estimate of drug-likeness (QED) is 0.712. The number of nitrogens with one attached hydrogen (secondary N) is 2. The Morgan fingerprint density at radius 2 is 1.85 bits per heavy atom. The summed E-state index contributed by atoms with van der Waals surface area (Å²) in [4.78, 5) is 18.8. The molecule has 0 spiro atoms. The largest absolute Gasteiger partial charge is 0.495 e. The molecule has 1 aromatic carbocycles. The number of amides is 2. The normalized spacial score (nSPS) is 10.3. The smallest absolute Gasteiger partial charge is 0.319 e. The number of anilines is 2. The molecule has 7 nitrogen and oxygen atoms in total. The standard InChI is InChI=1S/C19H25ClN4O3/c1-5-24(6-2)18-9-13(7-8-21-18)12-22-19(25)23-15-10-14(20)16(26-3)11-17(15)27-4/h7-11H,5-6,12H2,1-4H3,(H2,22,23,25). The van der Waals surface area contributed by atoms with Crippen LogP contribution in [-0.4, -0.2) is 38.3 Å². The number of pyridine rings is 1. The van der Waals surface area contributed by atoms with Crippen LogP contribution in [0.25, 0.3) is 0 Å². The predicted octanol–water partition coefficient (Wildman–Crippen LogP) is 3.92. The van der Waals surface area contributed by atoms with Crippen LogP contribution < -0.4 is 25.0 Å². The predicted molar refractivity (Wildman–Crippen MR) is 108 cm³/mol. The number of hydrogen-bond acceptors (Lipinski definition) is 5. The maximum atomic E-state index is 12.3. The Hall–Kier alpha value is -2.67. The molecule has 0 fully saturated rings. The van der Waals surface area contributed by atoms with Crippen LogP contribution in [0.3, 0.4) is 0 Å². The Morgan fingerprint density at radius 1 is 1.15 bits per heavy atom. The van der Waals surface area contributed by atoms with Crippen LogP contribution in [-0.2, 0) is 6.54 Å². The van der Waals surface area contributed by atoms with Gasteiger partial charge in [-0.3, -0.25) is 0 Å². The van der Waals surface area contributed by atoms with E-state index < -0.39 is 0 Å². The van der Waals surface area contributed by atoms with Crippen LogP contribution in [0.1, 0.15) is 19.4 Å². The highest BCUT2D eigenvalue weighted by Crippen LogP contribution is 2.35. The second-order valence-corrected chi connectivity index (χ2v) is 6.10. The van der Waals surface area contributed by atoms with E-state index in [0.717, 1.165) is 24.5 Å². The maximum Gasteiger partial charge on any atom is 0.319 e. The van der Waals surface area contributed by atoms with Gasteiger partial charge >= 0.3 is 6.03 Å². The highest BCUT2D eigenvalue weighted by atomic mass is 35.5. The van der Waals surface area contributed by atoms with Crippen molar-refractivity contribution in [2.75, 3.05) is 37.5 Å². The van der Waals surface area contributed by atoms with E-state index >= 15 is 0 Å². The molecule has 0 aliphatic carbocycles. The van der Waals surface area contributed by atoms with Crippen LogP contribution in [0.4, 0.5) is 16.3 Å². The number of carbonyl (C=O) groups is 1. The maximum absolute atomic E-state index is 12.3. The molecular formula is C19H25ClN4O3. The van der Waals surface area contributed by atoms with Crippen molar-refractivity contribution in [2.45, 2.75) is 20.4 Å². The molecular weight excluding hydrogens is 368 g/mol. The average Bonchev–Trinajstić information content (AvgIpc) is 2.68. The number of benzene rings is 1. The minimum Gasteiger partial charge on any atom is -0.495 e. The molecule has 0 aliphatic rings. The SMILES string of the molecule is CCN(CC)c1cc(CNC(=O)Nc2cc(Cl)c(OC)cc2OC)ccn1. The summed E-state index contributed by atoms with van der Waals surface area (Å²) in [6, 6.07) is 6.69. The van der Waals surface area contributed by atoms with E-state index in [9.17, 15) is 4.79 Å². The lowest BCUT2D eigenvalue weighted by atomic mass is 10.2. The van der Waals surface area contributed by atoms with Crippen molar-refractivity contribution >= 4 is 29.1 Å². The number of urea groups is 1. The van der Waals surface area contributed by atoms with Gasteiger partial charge in [-0.15, -0.1) is 0 Å². The fraction of sp³-hybridized carbons (Fsp3) is 0.368. The van der Waals surface area contributed by atoms with Gasteiger partial charge in [-0.2, -0.15) is 0 Å². The molecule has 0 saturated carbocycles. The Labute approximate surface area is 164 Å². The molecule has 146 valence electrons. The molecule has 2 rings (SSSR count). The second kappa shape index (κ2) is 9.87. The number of nitrogens with zero attached hydrogens (tertiary/aromatic N) is 2. The van der Waals surface area contributed by atoms with E-state index in [2.05, 4.69) is 34.4 Å². The molecule has 0 aliphatic heterocycles. The molecule has 0 saturated heterocycles. The van der Waals surface area contributed by atoms with Gasteiger partial charge in [0.2, 0.25) is 0 Å². The van der Waals surface area contributed by atoms with Crippen LogP contribution in [0.15, 0.2) is 30.5 Å². The molecule has 0 radical (unpaired) electrons. The van der Waals surface area contributed by atoms with Gasteiger partial charge in [0.15, 0.2) is 0 Å². The lowest BCUT2D eigenvalue weighted by Crippen LogP contribution is -2.28. The summed E-state index contributed by atoms with van der Waals surface area (Å²) in [6.45, 7) is 6.28. The van der Waals surface area contributed by atoms with Gasteiger partial charge in [0.05, 0.1) is 24.9 Å². The van der Waals surface area contributed by atoms with Crippen molar-refractivity contribution in [2.24, 2.45) is 0 Å². The minimum absolute atomic E-state index is 0.365. The van der Waals surface area contributed by atoms with E-state index in [1.54, 1.807) is 18.3 Å². The van der Waals surface area contributed by atoms with Gasteiger partial charge in [-0.05, 0) is 37.6 Å². The van der Waals surface area contributed by atoms with Crippen molar-refractivity contribution < 1.29 is 14.3 Å². The number of aromatic nitrogens is 1. The summed E-state index contributed by atoms with van der Waals surface area (Å²) in [5.74, 6) is 1.82.